The van der Waals surface area contributed by atoms with Crippen LogP contribution in [0, 0.1) is 5.92 Å². The molecule has 15 heavy (non-hydrogen) atoms. The summed E-state index contributed by atoms with van der Waals surface area (Å²) in [6, 6.07) is 2.36. The van der Waals surface area contributed by atoms with E-state index in [0.717, 1.165) is 25.1 Å². The minimum atomic E-state index is 0.293. The molecule has 0 bridgehead atoms. The summed E-state index contributed by atoms with van der Waals surface area (Å²) >= 11 is 0. The highest BCUT2D eigenvalue weighted by atomic mass is 16.3. The number of rotatable bonds is 4. The average Bonchev–Trinajstić information content (AvgIpc) is 2.75. The molecule has 1 aromatic rings. The van der Waals surface area contributed by atoms with Gasteiger partial charge in [-0.1, -0.05) is 6.42 Å². The van der Waals surface area contributed by atoms with E-state index in [2.05, 4.69) is 15.3 Å². The summed E-state index contributed by atoms with van der Waals surface area (Å²) in [4.78, 5) is 8.03. The van der Waals surface area contributed by atoms with Gasteiger partial charge in [-0.25, -0.2) is 9.97 Å². The molecule has 0 aromatic carbocycles. The number of nitrogens with one attached hydrogen (secondary N) is 1. The third kappa shape index (κ3) is 2.73. The molecule has 4 nitrogen and oxygen atoms in total. The van der Waals surface area contributed by atoms with Gasteiger partial charge in [-0.3, -0.25) is 0 Å². The summed E-state index contributed by atoms with van der Waals surface area (Å²) in [6.45, 7) is 1.06. The Morgan fingerprint density at radius 2 is 2.40 bits per heavy atom. The van der Waals surface area contributed by atoms with Crippen LogP contribution in [0.4, 0.5) is 0 Å². The van der Waals surface area contributed by atoms with Gasteiger partial charge in [-0.05, 0) is 24.8 Å². The van der Waals surface area contributed by atoms with E-state index in [4.69, 9.17) is 5.11 Å². The van der Waals surface area contributed by atoms with Gasteiger partial charge in [0.2, 0.25) is 0 Å². The zero-order valence-corrected chi connectivity index (χ0v) is 8.76. The van der Waals surface area contributed by atoms with Gasteiger partial charge in [0, 0.05) is 25.4 Å². The predicted molar refractivity (Wildman–Crippen MR) is 57.1 cm³/mol. The van der Waals surface area contributed by atoms with Crippen molar-refractivity contribution in [2.24, 2.45) is 5.92 Å². The Kier molecular flexibility index (Phi) is 3.64. The lowest BCUT2D eigenvalue weighted by molar-refractivity contribution is 0.205. The van der Waals surface area contributed by atoms with Gasteiger partial charge in [0.1, 0.15) is 6.33 Å². The minimum absolute atomic E-state index is 0.293. The van der Waals surface area contributed by atoms with Crippen molar-refractivity contribution in [3.8, 4) is 0 Å². The fourth-order valence-electron chi connectivity index (χ4n) is 2.18. The lowest BCUT2D eigenvalue weighted by atomic mass is 10.1. The van der Waals surface area contributed by atoms with E-state index in [1.807, 2.05) is 6.07 Å². The summed E-state index contributed by atoms with van der Waals surface area (Å²) in [5.74, 6) is 0.423. The van der Waals surface area contributed by atoms with Crippen LogP contribution in [0.3, 0.4) is 0 Å². The summed E-state index contributed by atoms with van der Waals surface area (Å²) in [5.41, 5.74) is 1.01. The average molecular weight is 207 g/mol. The molecule has 1 aliphatic rings. The third-order valence-electron chi connectivity index (χ3n) is 3.08. The molecule has 4 heteroatoms. The molecule has 1 aromatic heterocycles. The van der Waals surface area contributed by atoms with Gasteiger partial charge in [-0.15, -0.1) is 0 Å². The third-order valence-corrected chi connectivity index (χ3v) is 3.08. The molecule has 1 aliphatic carbocycles. The second-order valence-corrected chi connectivity index (χ2v) is 4.06. The van der Waals surface area contributed by atoms with Crippen molar-refractivity contribution in [1.29, 1.82) is 0 Å². The highest BCUT2D eigenvalue weighted by Crippen LogP contribution is 2.25. The Labute approximate surface area is 89.8 Å². The SMILES string of the molecule is OCC1CCCC1NCc1ccncn1. The molecule has 1 fully saturated rings. The molecule has 2 atom stereocenters. The van der Waals surface area contributed by atoms with Crippen molar-refractivity contribution in [3.63, 3.8) is 0 Å². The number of aromatic nitrogens is 2. The van der Waals surface area contributed by atoms with E-state index in [-0.39, 0.29) is 0 Å². The van der Waals surface area contributed by atoms with Crippen molar-refractivity contribution in [2.45, 2.75) is 31.8 Å². The van der Waals surface area contributed by atoms with Crippen LogP contribution in [-0.4, -0.2) is 27.7 Å². The molecule has 2 unspecified atom stereocenters. The molecule has 2 N–H and O–H groups in total. The van der Waals surface area contributed by atoms with Crippen molar-refractivity contribution < 1.29 is 5.11 Å². The van der Waals surface area contributed by atoms with Crippen molar-refractivity contribution in [1.82, 2.24) is 15.3 Å². The maximum absolute atomic E-state index is 9.17. The normalized spacial score (nSPS) is 25.7. The fraction of sp³-hybridized carbons (Fsp3) is 0.636. The van der Waals surface area contributed by atoms with Gasteiger partial charge < -0.3 is 10.4 Å². The van der Waals surface area contributed by atoms with Crippen molar-refractivity contribution >= 4 is 0 Å². The number of aliphatic hydroxyl groups excluding tert-OH is 1. The second-order valence-electron chi connectivity index (χ2n) is 4.06. The van der Waals surface area contributed by atoms with Crippen LogP contribution in [0.25, 0.3) is 0 Å². The van der Waals surface area contributed by atoms with Gasteiger partial charge >= 0.3 is 0 Å². The molecule has 0 spiro atoms. The van der Waals surface area contributed by atoms with Crippen LogP contribution in [0.1, 0.15) is 25.0 Å². The largest absolute Gasteiger partial charge is 0.396 e. The van der Waals surface area contributed by atoms with Crippen LogP contribution < -0.4 is 5.32 Å². The van der Waals surface area contributed by atoms with Gasteiger partial charge in [-0.2, -0.15) is 0 Å². The Hall–Kier alpha value is -1.00. The van der Waals surface area contributed by atoms with E-state index in [1.54, 1.807) is 12.5 Å². The first kappa shape index (κ1) is 10.5. The molecule has 0 aliphatic heterocycles. The highest BCUT2D eigenvalue weighted by Gasteiger charge is 2.25. The van der Waals surface area contributed by atoms with Crippen LogP contribution >= 0.6 is 0 Å². The van der Waals surface area contributed by atoms with Gasteiger partial charge in [0.15, 0.2) is 0 Å². The zero-order chi connectivity index (χ0) is 10.5. The highest BCUT2D eigenvalue weighted by molar-refractivity contribution is 4.98. The number of hydrogen-bond acceptors (Lipinski definition) is 4. The first-order valence-electron chi connectivity index (χ1n) is 5.49. The molecule has 1 heterocycles. The Morgan fingerprint density at radius 3 is 3.13 bits per heavy atom. The van der Waals surface area contributed by atoms with Crippen molar-refractivity contribution in [2.75, 3.05) is 6.61 Å². The molecule has 2 rings (SSSR count). The quantitative estimate of drug-likeness (QED) is 0.764. The predicted octanol–water partition coefficient (Wildman–Crippen LogP) is 0.727. The topological polar surface area (TPSA) is 58.0 Å². The van der Waals surface area contributed by atoms with Gasteiger partial charge in [0.25, 0.3) is 0 Å². The van der Waals surface area contributed by atoms with E-state index < -0.39 is 0 Å². The maximum atomic E-state index is 9.17. The first-order valence-corrected chi connectivity index (χ1v) is 5.49. The van der Waals surface area contributed by atoms with Crippen molar-refractivity contribution in [3.05, 3.63) is 24.3 Å². The summed E-state index contributed by atoms with van der Waals surface area (Å²) in [7, 11) is 0. The van der Waals surface area contributed by atoms with E-state index in [0.29, 0.717) is 18.6 Å². The second kappa shape index (κ2) is 5.19. The van der Waals surface area contributed by atoms with E-state index in [1.165, 1.54) is 6.42 Å². The summed E-state index contributed by atoms with van der Waals surface area (Å²) < 4.78 is 0. The lowest BCUT2D eigenvalue weighted by Crippen LogP contribution is -2.33. The molecular weight excluding hydrogens is 190 g/mol. The summed E-state index contributed by atoms with van der Waals surface area (Å²) in [6.07, 6.45) is 6.83. The standard InChI is InChI=1S/C11H17N3O/c15-7-9-2-1-3-11(9)13-6-10-4-5-12-8-14-10/h4-5,8-9,11,13,15H,1-3,6-7H2. The van der Waals surface area contributed by atoms with Gasteiger partial charge in [0.05, 0.1) is 5.69 Å². The number of nitrogens with zero attached hydrogens (tertiary/aromatic N) is 2. The molecular formula is C11H17N3O. The Bertz CT molecular complexity index is 291. The molecule has 0 amide bonds. The number of hydrogen-bond donors (Lipinski definition) is 2. The zero-order valence-electron chi connectivity index (χ0n) is 8.76. The maximum Gasteiger partial charge on any atom is 0.115 e. The smallest absolute Gasteiger partial charge is 0.115 e. The van der Waals surface area contributed by atoms with Crippen LogP contribution in [0.15, 0.2) is 18.6 Å². The first-order chi connectivity index (χ1) is 7.40. The molecule has 1 saturated carbocycles. The van der Waals surface area contributed by atoms with E-state index >= 15 is 0 Å². The molecule has 0 radical (unpaired) electrons. The fourth-order valence-corrected chi connectivity index (χ4v) is 2.18. The van der Waals surface area contributed by atoms with Crippen LogP contribution in [0.2, 0.25) is 0 Å². The molecule has 82 valence electrons. The van der Waals surface area contributed by atoms with E-state index in [9.17, 15) is 0 Å². The van der Waals surface area contributed by atoms with Crippen LogP contribution in [-0.2, 0) is 6.54 Å². The molecule has 0 saturated heterocycles. The van der Waals surface area contributed by atoms with Crippen LogP contribution in [0.5, 0.6) is 0 Å². The summed E-state index contributed by atoms with van der Waals surface area (Å²) in [5, 5.41) is 12.6. The number of aliphatic hydroxyl groups is 1. The lowest BCUT2D eigenvalue weighted by Gasteiger charge is -2.18. The Balaban J connectivity index is 1.83. The monoisotopic (exact) mass is 207 g/mol. The Morgan fingerprint density at radius 1 is 1.47 bits per heavy atom. The minimum Gasteiger partial charge on any atom is -0.396 e.